The van der Waals surface area contributed by atoms with Crippen molar-refractivity contribution in [3.05, 3.63) is 62.9 Å². The van der Waals surface area contributed by atoms with E-state index in [0.29, 0.717) is 60.1 Å². The molecule has 3 aliphatic heterocycles. The van der Waals surface area contributed by atoms with Crippen LogP contribution in [0.25, 0.3) is 22.3 Å². The predicted octanol–water partition coefficient (Wildman–Crippen LogP) is 4.23. The van der Waals surface area contributed by atoms with Crippen molar-refractivity contribution in [2.75, 3.05) is 25.1 Å². The fourth-order valence-corrected chi connectivity index (χ4v) is 5.91. The predicted molar refractivity (Wildman–Crippen MR) is 136 cm³/mol. The molecule has 7 nitrogen and oxygen atoms in total. The highest BCUT2D eigenvalue weighted by Crippen LogP contribution is 2.47. The molecular formula is C28H30FN3O4. The quantitative estimate of drug-likeness (QED) is 0.462. The van der Waals surface area contributed by atoms with E-state index < -0.39 is 11.4 Å². The van der Waals surface area contributed by atoms with Crippen molar-refractivity contribution in [2.24, 2.45) is 5.92 Å². The number of pyridine rings is 2. The number of nitrogens with zero attached hydrogens (tertiary/aromatic N) is 3. The normalized spacial score (nSPS) is 20.1. The summed E-state index contributed by atoms with van der Waals surface area (Å²) in [5, 5.41) is 12.3. The Morgan fingerprint density at radius 2 is 2.06 bits per heavy atom. The topological polar surface area (TPSA) is 76.8 Å². The Morgan fingerprint density at radius 1 is 1.28 bits per heavy atom. The van der Waals surface area contributed by atoms with Crippen molar-refractivity contribution in [1.29, 1.82) is 0 Å². The number of benzene rings is 1. The van der Waals surface area contributed by atoms with Gasteiger partial charge in [-0.05, 0) is 30.4 Å². The molecular weight excluding hydrogens is 461 g/mol. The molecule has 1 atom stereocenters. The summed E-state index contributed by atoms with van der Waals surface area (Å²) in [6.45, 7) is 11.5. The Labute approximate surface area is 208 Å². The average Bonchev–Trinajstić information content (AvgIpc) is 3.21. The van der Waals surface area contributed by atoms with Gasteiger partial charge in [0, 0.05) is 29.6 Å². The van der Waals surface area contributed by atoms with Gasteiger partial charge in [0.2, 0.25) is 0 Å². The maximum atomic E-state index is 15.2. The maximum Gasteiger partial charge on any atom is 0.258 e. The third-order valence-corrected chi connectivity index (χ3v) is 7.81. The first-order chi connectivity index (χ1) is 17.2. The first-order valence-electron chi connectivity index (χ1n) is 12.5. The molecule has 0 saturated carbocycles. The summed E-state index contributed by atoms with van der Waals surface area (Å²) in [7, 11) is 1.94. The lowest BCUT2D eigenvalue weighted by Gasteiger charge is -2.35. The number of halogens is 1. The summed E-state index contributed by atoms with van der Waals surface area (Å²) >= 11 is 0. The van der Waals surface area contributed by atoms with Gasteiger partial charge in [0.15, 0.2) is 11.6 Å². The van der Waals surface area contributed by atoms with E-state index in [4.69, 9.17) is 14.5 Å². The van der Waals surface area contributed by atoms with E-state index in [-0.39, 0.29) is 23.7 Å². The van der Waals surface area contributed by atoms with Crippen LogP contribution in [0.2, 0.25) is 0 Å². The standard InChI is InChI=1S/C28H30FN3O4/c1-6-28(34)15(4)36-13-18-19(28)10-22-24-17(12-32(22)27(18)33)16(9-14(2)3)23-21(30-24)11-20(29)26-25(23)31(5)7-8-35-26/h10-11,14,34H,4,6-9,12-13H2,1-3,5H3/t28-/m1/s1. The van der Waals surface area contributed by atoms with Gasteiger partial charge < -0.3 is 24.0 Å². The Hall–Kier alpha value is -3.39. The van der Waals surface area contributed by atoms with Crippen molar-refractivity contribution in [1.82, 2.24) is 9.55 Å². The molecule has 0 fully saturated rings. The van der Waals surface area contributed by atoms with E-state index in [1.54, 1.807) is 4.57 Å². The largest absolute Gasteiger partial charge is 0.490 e. The number of hydrogen-bond acceptors (Lipinski definition) is 6. The molecule has 8 heteroatoms. The Morgan fingerprint density at radius 3 is 2.78 bits per heavy atom. The molecule has 2 aromatic heterocycles. The molecule has 3 aromatic rings. The summed E-state index contributed by atoms with van der Waals surface area (Å²) in [5.74, 6) is 0.381. The molecule has 188 valence electrons. The van der Waals surface area contributed by atoms with Crippen LogP contribution in [0.4, 0.5) is 10.1 Å². The fraction of sp³-hybridized carbons (Fsp3) is 0.429. The van der Waals surface area contributed by atoms with Crippen LogP contribution in [0.3, 0.4) is 0 Å². The van der Waals surface area contributed by atoms with Gasteiger partial charge >= 0.3 is 0 Å². The Bertz CT molecular complexity index is 1530. The minimum Gasteiger partial charge on any atom is -0.490 e. The summed E-state index contributed by atoms with van der Waals surface area (Å²) in [6.07, 6.45) is 1.07. The number of likely N-dealkylation sites (N-methyl/N-ethyl adjacent to an activating group) is 1. The first kappa shape index (κ1) is 23.0. The summed E-state index contributed by atoms with van der Waals surface area (Å²) in [6, 6.07) is 3.29. The van der Waals surface area contributed by atoms with E-state index >= 15 is 4.39 Å². The van der Waals surface area contributed by atoms with Crippen LogP contribution in [0.1, 0.15) is 49.4 Å². The van der Waals surface area contributed by atoms with Crippen molar-refractivity contribution in [2.45, 2.75) is 52.4 Å². The molecule has 1 aromatic carbocycles. The number of anilines is 1. The van der Waals surface area contributed by atoms with Crippen LogP contribution < -0.4 is 15.2 Å². The van der Waals surface area contributed by atoms with Crippen LogP contribution in [0, 0.1) is 11.7 Å². The lowest BCUT2D eigenvalue weighted by Crippen LogP contribution is -2.38. The van der Waals surface area contributed by atoms with Gasteiger partial charge in [-0.15, -0.1) is 0 Å². The third kappa shape index (κ3) is 3.00. The maximum absolute atomic E-state index is 15.2. The fourth-order valence-electron chi connectivity index (χ4n) is 5.91. The molecule has 0 aliphatic carbocycles. The number of aliphatic hydroxyl groups is 1. The van der Waals surface area contributed by atoms with Crippen LogP contribution >= 0.6 is 0 Å². The minimum atomic E-state index is -1.45. The van der Waals surface area contributed by atoms with Crippen LogP contribution in [0.15, 0.2) is 29.3 Å². The first-order valence-corrected chi connectivity index (χ1v) is 12.5. The molecule has 0 saturated heterocycles. The minimum absolute atomic E-state index is 0.0705. The van der Waals surface area contributed by atoms with Crippen LogP contribution in [-0.4, -0.2) is 34.9 Å². The van der Waals surface area contributed by atoms with Gasteiger partial charge in [0.05, 0.1) is 41.2 Å². The molecule has 0 bridgehead atoms. The van der Waals surface area contributed by atoms with E-state index in [0.717, 1.165) is 28.6 Å². The van der Waals surface area contributed by atoms with E-state index in [2.05, 4.69) is 20.4 Å². The van der Waals surface area contributed by atoms with Gasteiger partial charge in [0.1, 0.15) is 24.6 Å². The van der Waals surface area contributed by atoms with Crippen LogP contribution in [0.5, 0.6) is 5.75 Å². The van der Waals surface area contributed by atoms with Crippen molar-refractivity contribution in [3.63, 3.8) is 0 Å². The van der Waals surface area contributed by atoms with Crippen molar-refractivity contribution < 1.29 is 19.0 Å². The highest BCUT2D eigenvalue weighted by molar-refractivity contribution is 6.01. The summed E-state index contributed by atoms with van der Waals surface area (Å²) in [4.78, 5) is 20.6. The smallest absolute Gasteiger partial charge is 0.258 e. The van der Waals surface area contributed by atoms with E-state index in [9.17, 15) is 9.90 Å². The molecule has 36 heavy (non-hydrogen) atoms. The van der Waals surface area contributed by atoms with Crippen LogP contribution in [-0.2, 0) is 29.9 Å². The SMILES string of the molecule is C=C1OCc2c(cc3n(c2=O)Cc2c-3nc3cc(F)c4c(c3c2CC(C)C)N(C)CCO4)[C@@]1(O)CC. The number of fused-ring (bicyclic) bond motifs is 7. The monoisotopic (exact) mass is 491 g/mol. The third-order valence-electron chi connectivity index (χ3n) is 7.81. The molecule has 0 spiro atoms. The molecule has 6 rings (SSSR count). The number of rotatable bonds is 3. The molecule has 5 heterocycles. The molecule has 1 N–H and O–H groups in total. The van der Waals surface area contributed by atoms with E-state index in [1.807, 2.05) is 24.9 Å². The zero-order valence-electron chi connectivity index (χ0n) is 21.1. The highest BCUT2D eigenvalue weighted by Gasteiger charge is 2.42. The summed E-state index contributed by atoms with van der Waals surface area (Å²) < 4.78 is 28.3. The molecule has 0 unspecified atom stereocenters. The van der Waals surface area contributed by atoms with Gasteiger partial charge in [-0.1, -0.05) is 27.4 Å². The summed E-state index contributed by atoms with van der Waals surface area (Å²) in [5.41, 5.74) is 3.87. The van der Waals surface area contributed by atoms with Gasteiger partial charge in [-0.2, -0.15) is 0 Å². The second kappa shape index (κ2) is 7.80. The zero-order chi connectivity index (χ0) is 25.5. The second-order valence-electron chi connectivity index (χ2n) is 10.5. The molecule has 3 aliphatic rings. The van der Waals surface area contributed by atoms with Gasteiger partial charge in [0.25, 0.3) is 5.56 Å². The Balaban J connectivity index is 1.68. The second-order valence-corrected chi connectivity index (χ2v) is 10.5. The molecule has 0 radical (unpaired) electrons. The number of aromatic nitrogens is 2. The highest BCUT2D eigenvalue weighted by atomic mass is 19.1. The molecule has 0 amide bonds. The van der Waals surface area contributed by atoms with Gasteiger partial charge in [-0.25, -0.2) is 9.37 Å². The van der Waals surface area contributed by atoms with Crippen molar-refractivity contribution in [3.8, 4) is 17.1 Å². The van der Waals surface area contributed by atoms with Crippen molar-refractivity contribution >= 4 is 16.6 Å². The lowest BCUT2D eigenvalue weighted by molar-refractivity contribution is -0.0172. The lowest BCUT2D eigenvalue weighted by atomic mass is 9.84. The number of hydrogen-bond donors (Lipinski definition) is 1. The Kier molecular flexibility index (Phi) is 4.99. The zero-order valence-corrected chi connectivity index (χ0v) is 21.1. The van der Waals surface area contributed by atoms with Gasteiger partial charge in [-0.3, -0.25) is 4.79 Å². The van der Waals surface area contributed by atoms with E-state index in [1.165, 1.54) is 6.07 Å². The number of ether oxygens (including phenoxy) is 2. The average molecular weight is 492 g/mol.